The Morgan fingerprint density at radius 2 is 1.79 bits per heavy atom. The molecular weight excluding hydrogens is 413 g/mol. The molecule has 0 unspecified atom stereocenters. The third kappa shape index (κ3) is 4.34. The van der Waals surface area contributed by atoms with Gasteiger partial charge in [0.05, 0.1) is 23.8 Å². The fraction of sp³-hybridized carbons (Fsp3) is 0.0952. The lowest BCUT2D eigenvalue weighted by Crippen LogP contribution is -2.32. The lowest BCUT2D eigenvalue weighted by Gasteiger charge is -2.07. The number of carbonyl (C=O) groups excluding carboxylic acids is 1. The number of aromatic nitrogens is 2. The Bertz CT molecular complexity index is 1250. The summed E-state index contributed by atoms with van der Waals surface area (Å²) in [7, 11) is 0. The van der Waals surface area contributed by atoms with Crippen molar-refractivity contribution in [1.29, 1.82) is 0 Å². The molecule has 8 heteroatoms. The molecule has 0 spiro atoms. The lowest BCUT2D eigenvalue weighted by atomic mass is 10.2. The molecule has 0 saturated heterocycles. The summed E-state index contributed by atoms with van der Waals surface area (Å²) in [5.41, 5.74) is 1.09. The number of rotatable bonds is 5. The maximum absolute atomic E-state index is 12.5. The van der Waals surface area contributed by atoms with Crippen LogP contribution in [0.1, 0.15) is 5.76 Å². The Kier molecular flexibility index (Phi) is 5.38. The number of amides is 1. The number of hydrogen-bond donors (Lipinski definition) is 1. The third-order valence-corrected chi connectivity index (χ3v) is 4.84. The smallest absolute Gasteiger partial charge is 0.261 e. The molecule has 0 atom stereocenters. The van der Waals surface area contributed by atoms with Gasteiger partial charge in [-0.25, -0.2) is 4.98 Å². The molecule has 2 heterocycles. The number of halogens is 2. The zero-order valence-corrected chi connectivity index (χ0v) is 16.6. The van der Waals surface area contributed by atoms with Crippen molar-refractivity contribution < 1.29 is 9.21 Å². The van der Waals surface area contributed by atoms with Crippen LogP contribution in [0.25, 0.3) is 22.2 Å². The predicted molar refractivity (Wildman–Crippen MR) is 112 cm³/mol. The summed E-state index contributed by atoms with van der Waals surface area (Å²) in [6.45, 7) is 0.0487. The van der Waals surface area contributed by atoms with Gasteiger partial charge in [0.15, 0.2) is 0 Å². The van der Waals surface area contributed by atoms with Gasteiger partial charge in [-0.2, -0.15) is 0 Å². The lowest BCUT2D eigenvalue weighted by molar-refractivity contribution is -0.121. The van der Waals surface area contributed by atoms with Gasteiger partial charge in [-0.05, 0) is 54.6 Å². The fourth-order valence-corrected chi connectivity index (χ4v) is 3.18. The molecular formula is C21H15Cl2N3O3. The molecule has 0 saturated carbocycles. The summed E-state index contributed by atoms with van der Waals surface area (Å²) in [5, 5.41) is 4.19. The number of fused-ring (bicyclic) bond motifs is 1. The van der Waals surface area contributed by atoms with Crippen LogP contribution >= 0.6 is 23.2 Å². The molecule has 0 fully saturated rings. The number of furan rings is 1. The van der Waals surface area contributed by atoms with E-state index in [1.807, 2.05) is 18.2 Å². The van der Waals surface area contributed by atoms with E-state index < -0.39 is 0 Å². The van der Waals surface area contributed by atoms with Crippen molar-refractivity contribution in [2.24, 2.45) is 0 Å². The molecule has 29 heavy (non-hydrogen) atoms. The second kappa shape index (κ2) is 8.11. The Morgan fingerprint density at radius 1 is 1.03 bits per heavy atom. The summed E-state index contributed by atoms with van der Waals surface area (Å²) in [5.74, 6) is 0.941. The molecule has 1 N–H and O–H groups in total. The Balaban J connectivity index is 1.42. The number of nitrogens with one attached hydrogen (secondary N) is 1. The van der Waals surface area contributed by atoms with Crippen LogP contribution in [-0.2, 0) is 17.9 Å². The normalized spacial score (nSPS) is 11.0. The first kappa shape index (κ1) is 19.2. The standard InChI is InChI=1S/C21H15Cl2N3O3/c22-14-3-1-13(2-4-14)19-8-6-16(29-19)10-24-20(27)11-26-12-25-18-7-5-15(23)9-17(18)21(26)28/h1-9,12H,10-11H2,(H,24,27). The van der Waals surface area contributed by atoms with Crippen molar-refractivity contribution in [1.82, 2.24) is 14.9 Å². The average molecular weight is 428 g/mol. The first-order valence-electron chi connectivity index (χ1n) is 8.76. The highest BCUT2D eigenvalue weighted by molar-refractivity contribution is 6.31. The highest BCUT2D eigenvalue weighted by Gasteiger charge is 2.10. The van der Waals surface area contributed by atoms with Crippen LogP contribution in [0, 0.1) is 0 Å². The average Bonchev–Trinajstić information content (AvgIpc) is 3.18. The summed E-state index contributed by atoms with van der Waals surface area (Å²) in [4.78, 5) is 29.0. The molecule has 0 aliphatic rings. The zero-order valence-electron chi connectivity index (χ0n) is 15.1. The van der Waals surface area contributed by atoms with E-state index >= 15 is 0 Å². The fourth-order valence-electron chi connectivity index (χ4n) is 2.88. The van der Waals surface area contributed by atoms with E-state index in [0.717, 1.165) is 5.56 Å². The maximum Gasteiger partial charge on any atom is 0.261 e. The van der Waals surface area contributed by atoms with Gasteiger partial charge in [-0.15, -0.1) is 0 Å². The van der Waals surface area contributed by atoms with Crippen LogP contribution in [0.2, 0.25) is 10.0 Å². The van der Waals surface area contributed by atoms with E-state index in [4.69, 9.17) is 27.6 Å². The van der Waals surface area contributed by atoms with Gasteiger partial charge >= 0.3 is 0 Å². The first-order chi connectivity index (χ1) is 14.0. The van der Waals surface area contributed by atoms with Gasteiger partial charge in [0.25, 0.3) is 5.56 Å². The number of hydrogen-bond acceptors (Lipinski definition) is 4. The van der Waals surface area contributed by atoms with E-state index in [0.29, 0.717) is 32.5 Å². The van der Waals surface area contributed by atoms with Crippen molar-refractivity contribution >= 4 is 40.0 Å². The van der Waals surface area contributed by atoms with Crippen molar-refractivity contribution in [3.8, 4) is 11.3 Å². The minimum atomic E-state index is -0.334. The summed E-state index contributed by atoms with van der Waals surface area (Å²) < 4.78 is 7.00. The second-order valence-electron chi connectivity index (χ2n) is 6.39. The van der Waals surface area contributed by atoms with Crippen molar-refractivity contribution in [3.63, 3.8) is 0 Å². The van der Waals surface area contributed by atoms with Crippen LogP contribution in [0.5, 0.6) is 0 Å². The molecule has 1 amide bonds. The molecule has 6 nitrogen and oxygen atoms in total. The Labute approximate surface area is 175 Å². The maximum atomic E-state index is 12.5. The minimum Gasteiger partial charge on any atom is -0.459 e. The van der Waals surface area contributed by atoms with Crippen molar-refractivity contribution in [2.75, 3.05) is 0 Å². The first-order valence-corrected chi connectivity index (χ1v) is 9.51. The molecule has 146 valence electrons. The van der Waals surface area contributed by atoms with Gasteiger partial charge in [0.2, 0.25) is 5.91 Å². The zero-order chi connectivity index (χ0) is 20.4. The minimum absolute atomic E-state index is 0.154. The number of carbonyl (C=O) groups is 1. The highest BCUT2D eigenvalue weighted by atomic mass is 35.5. The van der Waals surface area contributed by atoms with Crippen LogP contribution in [0.4, 0.5) is 0 Å². The Hall–Kier alpha value is -3.09. The van der Waals surface area contributed by atoms with Gasteiger partial charge in [-0.1, -0.05) is 23.2 Å². The monoisotopic (exact) mass is 427 g/mol. The Morgan fingerprint density at radius 3 is 2.59 bits per heavy atom. The van der Waals surface area contributed by atoms with E-state index in [9.17, 15) is 9.59 Å². The van der Waals surface area contributed by atoms with Crippen molar-refractivity contribution in [2.45, 2.75) is 13.1 Å². The largest absolute Gasteiger partial charge is 0.459 e. The predicted octanol–water partition coefficient (Wildman–Crippen LogP) is 4.28. The molecule has 0 aliphatic carbocycles. The molecule has 4 aromatic rings. The number of benzene rings is 2. The van der Waals surface area contributed by atoms with Gasteiger partial charge in [0, 0.05) is 15.6 Å². The summed E-state index contributed by atoms with van der Waals surface area (Å²) in [6.07, 6.45) is 1.35. The molecule has 0 bridgehead atoms. The van der Waals surface area contributed by atoms with Crippen molar-refractivity contribution in [3.05, 3.63) is 87.1 Å². The van der Waals surface area contributed by atoms with Crippen LogP contribution in [0.3, 0.4) is 0 Å². The SMILES string of the molecule is O=C(Cn1cnc2ccc(Cl)cc2c1=O)NCc1ccc(-c2ccc(Cl)cc2)o1. The topological polar surface area (TPSA) is 77.1 Å². The summed E-state index contributed by atoms with van der Waals surface area (Å²) >= 11 is 11.8. The van der Waals surface area contributed by atoms with E-state index in [-0.39, 0.29) is 24.6 Å². The summed E-state index contributed by atoms with van der Waals surface area (Å²) in [6, 6.07) is 15.8. The number of nitrogens with zero attached hydrogens (tertiary/aromatic N) is 2. The molecule has 4 rings (SSSR count). The molecule has 0 radical (unpaired) electrons. The van der Waals surface area contributed by atoms with Crippen LogP contribution < -0.4 is 10.9 Å². The van der Waals surface area contributed by atoms with E-state index in [2.05, 4.69) is 10.3 Å². The second-order valence-corrected chi connectivity index (χ2v) is 7.26. The quantitative estimate of drug-likeness (QED) is 0.515. The third-order valence-electron chi connectivity index (χ3n) is 4.35. The molecule has 2 aromatic heterocycles. The van der Waals surface area contributed by atoms with E-state index in [1.54, 1.807) is 36.4 Å². The van der Waals surface area contributed by atoms with Crippen LogP contribution in [0.15, 0.2) is 70.1 Å². The van der Waals surface area contributed by atoms with Gasteiger partial charge in [0.1, 0.15) is 18.1 Å². The van der Waals surface area contributed by atoms with Gasteiger partial charge in [-0.3, -0.25) is 14.2 Å². The molecule has 2 aromatic carbocycles. The van der Waals surface area contributed by atoms with Gasteiger partial charge < -0.3 is 9.73 Å². The highest BCUT2D eigenvalue weighted by Crippen LogP contribution is 2.23. The van der Waals surface area contributed by atoms with Crippen LogP contribution in [-0.4, -0.2) is 15.5 Å². The van der Waals surface area contributed by atoms with E-state index in [1.165, 1.54) is 10.9 Å². The molecule has 0 aliphatic heterocycles.